The van der Waals surface area contributed by atoms with Gasteiger partial charge in [0.1, 0.15) is 5.75 Å². The molecule has 0 unspecified atom stereocenters. The quantitative estimate of drug-likeness (QED) is 0.167. The smallest absolute Gasteiger partial charge is 0.185 e. The van der Waals surface area contributed by atoms with Crippen molar-refractivity contribution in [3.05, 3.63) is 71.8 Å². The molecular weight excluding hydrogens is 388 g/mol. The van der Waals surface area contributed by atoms with Gasteiger partial charge >= 0.3 is 0 Å². The summed E-state index contributed by atoms with van der Waals surface area (Å²) in [5, 5.41) is 1.11. The summed E-state index contributed by atoms with van der Waals surface area (Å²) in [6.45, 7) is 0.736. The minimum atomic E-state index is 0.00359. The van der Waals surface area contributed by atoms with Crippen LogP contribution in [0.3, 0.4) is 0 Å². The lowest BCUT2D eigenvalue weighted by molar-refractivity contribution is 0.104. The lowest BCUT2D eigenvalue weighted by Crippen LogP contribution is -1.99. The number of rotatable bonds is 12. The first-order valence-electron chi connectivity index (χ1n) is 9.36. The van der Waals surface area contributed by atoms with Gasteiger partial charge in [0.15, 0.2) is 5.78 Å². The molecule has 138 valence electrons. The topological polar surface area (TPSA) is 26.3 Å². The molecule has 2 nitrogen and oxygen atoms in total. The summed E-state index contributed by atoms with van der Waals surface area (Å²) < 4.78 is 5.76. The lowest BCUT2D eigenvalue weighted by Gasteiger charge is -2.06. The SMILES string of the molecule is O=C(C=Cc1ccccc1)c1ccc(OCCCCCCCCBr)cc1. The van der Waals surface area contributed by atoms with Gasteiger partial charge in [-0.25, -0.2) is 0 Å². The van der Waals surface area contributed by atoms with Crippen molar-refractivity contribution in [2.45, 2.75) is 38.5 Å². The van der Waals surface area contributed by atoms with Gasteiger partial charge in [0, 0.05) is 10.9 Å². The van der Waals surface area contributed by atoms with E-state index in [0.29, 0.717) is 5.56 Å². The molecule has 2 aromatic carbocycles. The van der Waals surface area contributed by atoms with E-state index in [1.165, 1.54) is 32.1 Å². The zero-order valence-corrected chi connectivity index (χ0v) is 16.8. The first-order chi connectivity index (χ1) is 12.8. The van der Waals surface area contributed by atoms with Crippen LogP contribution in [0.15, 0.2) is 60.7 Å². The van der Waals surface area contributed by atoms with Gasteiger partial charge in [0.25, 0.3) is 0 Å². The van der Waals surface area contributed by atoms with E-state index >= 15 is 0 Å². The second-order valence-electron chi connectivity index (χ2n) is 6.29. The molecule has 0 aromatic heterocycles. The van der Waals surface area contributed by atoms with Crippen LogP contribution in [0.4, 0.5) is 0 Å². The normalized spacial score (nSPS) is 11.0. The number of halogens is 1. The number of carbonyl (C=O) groups is 1. The predicted octanol–water partition coefficient (Wildman–Crippen LogP) is 6.70. The van der Waals surface area contributed by atoms with E-state index in [-0.39, 0.29) is 5.78 Å². The third-order valence-electron chi connectivity index (χ3n) is 4.16. The van der Waals surface area contributed by atoms with Crippen LogP contribution in [-0.4, -0.2) is 17.7 Å². The minimum absolute atomic E-state index is 0.00359. The van der Waals surface area contributed by atoms with Crippen molar-refractivity contribution >= 4 is 27.8 Å². The summed E-state index contributed by atoms with van der Waals surface area (Å²) >= 11 is 3.46. The molecule has 0 saturated heterocycles. The largest absolute Gasteiger partial charge is 0.494 e. The van der Waals surface area contributed by atoms with Gasteiger partial charge in [-0.3, -0.25) is 4.79 Å². The van der Waals surface area contributed by atoms with Crippen molar-refractivity contribution in [1.82, 2.24) is 0 Å². The molecule has 0 radical (unpaired) electrons. The van der Waals surface area contributed by atoms with Crippen LogP contribution in [0.5, 0.6) is 5.75 Å². The number of ether oxygens (including phenoxy) is 1. The van der Waals surface area contributed by atoms with E-state index in [1.807, 2.05) is 60.7 Å². The number of benzene rings is 2. The monoisotopic (exact) mass is 414 g/mol. The Balaban J connectivity index is 1.69. The number of ketones is 1. The van der Waals surface area contributed by atoms with Crippen LogP contribution in [0.25, 0.3) is 6.08 Å². The molecule has 2 aromatic rings. The van der Waals surface area contributed by atoms with Crippen LogP contribution in [-0.2, 0) is 0 Å². The summed E-state index contributed by atoms with van der Waals surface area (Å²) in [6, 6.07) is 17.2. The average molecular weight is 415 g/mol. The third-order valence-corrected chi connectivity index (χ3v) is 4.72. The van der Waals surface area contributed by atoms with Crippen molar-refractivity contribution in [1.29, 1.82) is 0 Å². The lowest BCUT2D eigenvalue weighted by atomic mass is 10.1. The van der Waals surface area contributed by atoms with Crippen LogP contribution in [0.1, 0.15) is 54.4 Å². The molecule has 3 heteroatoms. The fraction of sp³-hybridized carbons (Fsp3) is 0.348. The summed E-state index contributed by atoms with van der Waals surface area (Å²) in [4.78, 5) is 12.2. The standard InChI is InChI=1S/C23H27BrO2/c24-18-8-3-1-2-4-9-19-26-22-15-13-21(14-16-22)23(25)17-12-20-10-6-5-7-11-20/h5-7,10-17H,1-4,8-9,18-19H2. The highest BCUT2D eigenvalue weighted by Gasteiger charge is 2.02. The molecule has 2 rings (SSSR count). The molecule has 0 amide bonds. The zero-order chi connectivity index (χ0) is 18.5. The Morgan fingerprint density at radius 1 is 0.846 bits per heavy atom. The minimum Gasteiger partial charge on any atom is -0.494 e. The van der Waals surface area contributed by atoms with Gasteiger partial charge in [-0.05, 0) is 48.7 Å². The van der Waals surface area contributed by atoms with Crippen molar-refractivity contribution in [3.8, 4) is 5.75 Å². The Labute approximate surface area is 165 Å². The molecule has 0 bridgehead atoms. The van der Waals surface area contributed by atoms with Crippen molar-refractivity contribution in [2.75, 3.05) is 11.9 Å². The molecule has 0 aliphatic rings. The van der Waals surface area contributed by atoms with E-state index in [4.69, 9.17) is 4.74 Å². The van der Waals surface area contributed by atoms with Crippen molar-refractivity contribution in [2.24, 2.45) is 0 Å². The molecule has 0 N–H and O–H groups in total. The van der Waals surface area contributed by atoms with Crippen molar-refractivity contribution in [3.63, 3.8) is 0 Å². The maximum atomic E-state index is 12.2. The molecule has 0 fully saturated rings. The van der Waals surface area contributed by atoms with E-state index in [1.54, 1.807) is 6.08 Å². The number of allylic oxidation sites excluding steroid dienone is 1. The Hall–Kier alpha value is -1.87. The fourth-order valence-electron chi connectivity index (χ4n) is 2.64. The summed E-state index contributed by atoms with van der Waals surface area (Å²) in [5.74, 6) is 0.830. The van der Waals surface area contributed by atoms with Gasteiger partial charge in [-0.2, -0.15) is 0 Å². The zero-order valence-electron chi connectivity index (χ0n) is 15.2. The average Bonchev–Trinajstić information content (AvgIpc) is 2.69. The van der Waals surface area contributed by atoms with E-state index in [9.17, 15) is 4.79 Å². The van der Waals surface area contributed by atoms with Gasteiger partial charge in [-0.15, -0.1) is 0 Å². The molecule has 0 aliphatic carbocycles. The number of hydrogen-bond acceptors (Lipinski definition) is 2. The molecule has 0 spiro atoms. The second-order valence-corrected chi connectivity index (χ2v) is 7.08. The van der Waals surface area contributed by atoms with Crippen LogP contribution in [0.2, 0.25) is 0 Å². The highest BCUT2D eigenvalue weighted by atomic mass is 79.9. The van der Waals surface area contributed by atoms with Crippen LogP contribution >= 0.6 is 15.9 Å². The van der Waals surface area contributed by atoms with Crippen LogP contribution in [0, 0.1) is 0 Å². The van der Waals surface area contributed by atoms with E-state index < -0.39 is 0 Å². The summed E-state index contributed by atoms with van der Waals surface area (Å²) in [6.07, 6.45) is 10.9. The van der Waals surface area contributed by atoms with E-state index in [2.05, 4.69) is 15.9 Å². The number of hydrogen-bond donors (Lipinski definition) is 0. The molecule has 0 saturated carbocycles. The Bertz CT molecular complexity index is 662. The summed E-state index contributed by atoms with van der Waals surface area (Å²) in [5.41, 5.74) is 1.70. The molecule has 0 aliphatic heterocycles. The highest BCUT2D eigenvalue weighted by molar-refractivity contribution is 9.09. The Morgan fingerprint density at radius 3 is 2.19 bits per heavy atom. The molecule has 0 atom stereocenters. The fourth-order valence-corrected chi connectivity index (χ4v) is 3.04. The Kier molecular flexibility index (Phi) is 9.81. The first kappa shape index (κ1) is 20.4. The predicted molar refractivity (Wildman–Crippen MR) is 113 cm³/mol. The third kappa shape index (κ3) is 8.01. The number of unbranched alkanes of at least 4 members (excludes halogenated alkanes) is 5. The van der Waals surface area contributed by atoms with Gasteiger partial charge in [0.05, 0.1) is 6.61 Å². The Morgan fingerprint density at radius 2 is 1.50 bits per heavy atom. The molecule has 26 heavy (non-hydrogen) atoms. The first-order valence-corrected chi connectivity index (χ1v) is 10.5. The van der Waals surface area contributed by atoms with E-state index in [0.717, 1.165) is 29.7 Å². The number of carbonyl (C=O) groups excluding carboxylic acids is 1. The van der Waals surface area contributed by atoms with Crippen molar-refractivity contribution < 1.29 is 9.53 Å². The molecule has 0 heterocycles. The number of alkyl halides is 1. The van der Waals surface area contributed by atoms with Gasteiger partial charge < -0.3 is 4.74 Å². The maximum absolute atomic E-state index is 12.2. The van der Waals surface area contributed by atoms with Gasteiger partial charge in [0.2, 0.25) is 0 Å². The summed E-state index contributed by atoms with van der Waals surface area (Å²) in [7, 11) is 0. The highest BCUT2D eigenvalue weighted by Crippen LogP contribution is 2.15. The molecular formula is C23H27BrO2. The van der Waals surface area contributed by atoms with Gasteiger partial charge in [-0.1, -0.05) is 78.0 Å². The second kappa shape index (κ2) is 12.5. The maximum Gasteiger partial charge on any atom is 0.185 e. The van der Waals surface area contributed by atoms with Crippen LogP contribution < -0.4 is 4.74 Å².